The Kier molecular flexibility index (Phi) is 4.04. The molecular formula is C11H13BrFNO2. The number of hydrogen-bond donors (Lipinski definition) is 2. The van der Waals surface area contributed by atoms with E-state index in [1.807, 2.05) is 13.8 Å². The lowest BCUT2D eigenvalue weighted by molar-refractivity contribution is -0.138. The maximum atomic E-state index is 13.7. The molecule has 0 fully saturated rings. The maximum Gasteiger partial charge on any atom is 0.325 e. The monoisotopic (exact) mass is 289 g/mol. The number of carbonyl (C=O) groups is 1. The molecule has 1 atom stereocenters. The quantitative estimate of drug-likeness (QED) is 0.899. The van der Waals surface area contributed by atoms with Gasteiger partial charge in [0.25, 0.3) is 0 Å². The molecular weight excluding hydrogens is 277 g/mol. The van der Waals surface area contributed by atoms with Gasteiger partial charge in [0, 0.05) is 5.56 Å². The molecule has 16 heavy (non-hydrogen) atoms. The van der Waals surface area contributed by atoms with Crippen LogP contribution in [0.25, 0.3) is 0 Å². The zero-order valence-electron chi connectivity index (χ0n) is 9.00. The predicted octanol–water partition coefficient (Wildman–Crippen LogP) is 2.80. The number of carboxylic acids is 1. The number of carboxylic acid groups (broad SMARTS) is 1. The molecule has 0 heterocycles. The van der Waals surface area contributed by atoms with Gasteiger partial charge in [0.1, 0.15) is 11.9 Å². The maximum absolute atomic E-state index is 13.7. The summed E-state index contributed by atoms with van der Waals surface area (Å²) in [4.78, 5) is 10.7. The van der Waals surface area contributed by atoms with E-state index in [0.717, 1.165) is 5.56 Å². The zero-order valence-corrected chi connectivity index (χ0v) is 10.6. The van der Waals surface area contributed by atoms with Crippen molar-refractivity contribution in [1.29, 1.82) is 0 Å². The summed E-state index contributed by atoms with van der Waals surface area (Å²) >= 11 is 3.06. The summed E-state index contributed by atoms with van der Waals surface area (Å²) in [7, 11) is 0. The molecule has 0 amide bonds. The molecule has 1 aromatic carbocycles. The van der Waals surface area contributed by atoms with E-state index in [-0.39, 0.29) is 16.0 Å². The Morgan fingerprint density at radius 3 is 2.50 bits per heavy atom. The van der Waals surface area contributed by atoms with Crippen LogP contribution in [0, 0.1) is 5.82 Å². The fraction of sp³-hybridized carbons (Fsp3) is 0.364. The van der Waals surface area contributed by atoms with Gasteiger partial charge in [-0.25, -0.2) is 4.39 Å². The van der Waals surface area contributed by atoms with Crippen LogP contribution in [0.15, 0.2) is 16.6 Å². The van der Waals surface area contributed by atoms with Crippen LogP contribution >= 0.6 is 15.9 Å². The number of rotatable bonds is 3. The normalized spacial score (nSPS) is 12.9. The largest absolute Gasteiger partial charge is 0.480 e. The van der Waals surface area contributed by atoms with Crippen molar-refractivity contribution in [2.75, 3.05) is 0 Å². The van der Waals surface area contributed by atoms with Gasteiger partial charge in [-0.05, 0) is 33.5 Å². The van der Waals surface area contributed by atoms with Crippen LogP contribution in [0.1, 0.15) is 36.9 Å². The Morgan fingerprint density at radius 2 is 2.06 bits per heavy atom. The minimum Gasteiger partial charge on any atom is -0.480 e. The second-order valence-corrected chi connectivity index (χ2v) is 4.73. The number of nitrogens with two attached hydrogens (primary N) is 1. The van der Waals surface area contributed by atoms with E-state index in [2.05, 4.69) is 15.9 Å². The van der Waals surface area contributed by atoms with Gasteiger partial charge >= 0.3 is 5.97 Å². The van der Waals surface area contributed by atoms with E-state index < -0.39 is 17.8 Å². The molecule has 1 rings (SSSR count). The lowest BCUT2D eigenvalue weighted by Crippen LogP contribution is -2.22. The van der Waals surface area contributed by atoms with Crippen LogP contribution in [-0.2, 0) is 4.79 Å². The van der Waals surface area contributed by atoms with Crippen LogP contribution in [-0.4, -0.2) is 11.1 Å². The van der Waals surface area contributed by atoms with E-state index in [9.17, 15) is 9.18 Å². The summed E-state index contributed by atoms with van der Waals surface area (Å²) in [6.45, 7) is 3.88. The van der Waals surface area contributed by atoms with Gasteiger partial charge in [0.15, 0.2) is 0 Å². The third-order valence-corrected chi connectivity index (χ3v) is 2.92. The van der Waals surface area contributed by atoms with Gasteiger partial charge in [0.05, 0.1) is 4.47 Å². The topological polar surface area (TPSA) is 63.3 Å². The van der Waals surface area contributed by atoms with E-state index >= 15 is 0 Å². The Balaban J connectivity index is 3.32. The summed E-state index contributed by atoms with van der Waals surface area (Å²) in [5, 5.41) is 8.77. The molecule has 0 aliphatic heterocycles. The summed E-state index contributed by atoms with van der Waals surface area (Å²) in [5.74, 6) is -1.68. The summed E-state index contributed by atoms with van der Waals surface area (Å²) in [6.07, 6.45) is 0. The van der Waals surface area contributed by atoms with Crippen LogP contribution in [0.5, 0.6) is 0 Å². The Hall–Kier alpha value is -0.940. The Labute approximate surface area is 102 Å². The molecule has 88 valence electrons. The van der Waals surface area contributed by atoms with Gasteiger partial charge in [0.2, 0.25) is 0 Å². The number of benzene rings is 1. The first kappa shape index (κ1) is 13.1. The molecule has 5 heteroatoms. The second kappa shape index (κ2) is 4.93. The fourth-order valence-electron chi connectivity index (χ4n) is 1.32. The summed E-state index contributed by atoms with van der Waals surface area (Å²) in [5.41, 5.74) is 6.27. The lowest BCUT2D eigenvalue weighted by atomic mass is 9.97. The third kappa shape index (κ3) is 2.59. The Morgan fingerprint density at radius 1 is 1.50 bits per heavy atom. The van der Waals surface area contributed by atoms with Crippen molar-refractivity contribution < 1.29 is 14.3 Å². The van der Waals surface area contributed by atoms with Crippen LogP contribution in [0.4, 0.5) is 4.39 Å². The molecule has 0 saturated carbocycles. The highest BCUT2D eigenvalue weighted by atomic mass is 79.9. The molecule has 1 unspecified atom stereocenters. The molecule has 0 spiro atoms. The molecule has 0 aliphatic carbocycles. The first-order valence-corrected chi connectivity index (χ1v) is 5.61. The average Bonchev–Trinajstić information content (AvgIpc) is 2.20. The molecule has 0 radical (unpaired) electrons. The van der Waals surface area contributed by atoms with E-state index in [1.54, 1.807) is 6.07 Å². The van der Waals surface area contributed by atoms with Gasteiger partial charge in [-0.15, -0.1) is 0 Å². The van der Waals surface area contributed by atoms with Gasteiger partial charge in [-0.1, -0.05) is 19.9 Å². The molecule has 3 N–H and O–H groups in total. The smallest absolute Gasteiger partial charge is 0.325 e. The summed E-state index contributed by atoms with van der Waals surface area (Å²) < 4.78 is 13.9. The van der Waals surface area contributed by atoms with Crippen molar-refractivity contribution in [2.45, 2.75) is 25.8 Å². The van der Waals surface area contributed by atoms with E-state index in [0.29, 0.717) is 0 Å². The van der Waals surface area contributed by atoms with Crippen molar-refractivity contribution in [3.8, 4) is 0 Å². The van der Waals surface area contributed by atoms with Crippen molar-refractivity contribution in [3.63, 3.8) is 0 Å². The zero-order chi connectivity index (χ0) is 12.5. The minimum atomic E-state index is -1.34. The Bertz CT molecular complexity index is 421. The highest BCUT2D eigenvalue weighted by Gasteiger charge is 2.21. The summed E-state index contributed by atoms with van der Waals surface area (Å²) in [6, 6.07) is 1.80. The third-order valence-electron chi connectivity index (χ3n) is 2.35. The number of aliphatic carboxylic acids is 1. The number of halogens is 2. The van der Waals surface area contributed by atoms with Crippen LogP contribution in [0.2, 0.25) is 0 Å². The highest BCUT2D eigenvalue weighted by Crippen LogP contribution is 2.28. The molecule has 1 aromatic rings. The predicted molar refractivity (Wildman–Crippen MR) is 62.8 cm³/mol. The lowest BCUT2D eigenvalue weighted by Gasteiger charge is -2.13. The van der Waals surface area contributed by atoms with Crippen LogP contribution in [0.3, 0.4) is 0 Å². The van der Waals surface area contributed by atoms with Gasteiger partial charge in [-0.3, -0.25) is 4.79 Å². The second-order valence-electron chi connectivity index (χ2n) is 3.88. The van der Waals surface area contributed by atoms with Gasteiger partial charge in [-0.2, -0.15) is 0 Å². The SMILES string of the molecule is CC(C)c1cc(Br)c(F)c(C(N)C(=O)O)c1. The van der Waals surface area contributed by atoms with Crippen molar-refractivity contribution >= 4 is 21.9 Å². The number of hydrogen-bond acceptors (Lipinski definition) is 2. The molecule has 0 saturated heterocycles. The first-order chi connectivity index (χ1) is 7.34. The van der Waals surface area contributed by atoms with Crippen molar-refractivity contribution in [2.24, 2.45) is 5.73 Å². The molecule has 3 nitrogen and oxygen atoms in total. The first-order valence-electron chi connectivity index (χ1n) is 4.81. The standard InChI is InChI=1S/C11H13BrFNO2/c1-5(2)6-3-7(10(14)11(15)16)9(13)8(12)4-6/h3-5,10H,14H2,1-2H3,(H,15,16). The molecule has 0 aromatic heterocycles. The van der Waals surface area contributed by atoms with Crippen molar-refractivity contribution in [1.82, 2.24) is 0 Å². The minimum absolute atomic E-state index is 0.00516. The van der Waals surface area contributed by atoms with E-state index in [4.69, 9.17) is 10.8 Å². The van der Waals surface area contributed by atoms with Crippen LogP contribution < -0.4 is 5.73 Å². The molecule has 0 bridgehead atoms. The highest BCUT2D eigenvalue weighted by molar-refractivity contribution is 9.10. The average molecular weight is 290 g/mol. The van der Waals surface area contributed by atoms with Crippen molar-refractivity contribution in [3.05, 3.63) is 33.5 Å². The van der Waals surface area contributed by atoms with E-state index in [1.165, 1.54) is 6.07 Å². The molecule has 0 aliphatic rings. The fourth-order valence-corrected chi connectivity index (χ4v) is 1.82. The van der Waals surface area contributed by atoms with Gasteiger partial charge < -0.3 is 10.8 Å².